The van der Waals surface area contributed by atoms with Crippen molar-refractivity contribution in [1.29, 1.82) is 0 Å². The van der Waals surface area contributed by atoms with Gasteiger partial charge in [0.2, 0.25) is 0 Å². The van der Waals surface area contributed by atoms with Crippen molar-refractivity contribution < 1.29 is 9.90 Å². The number of hydrogen-bond acceptors (Lipinski definition) is 3. The molecule has 0 bridgehead atoms. The van der Waals surface area contributed by atoms with Crippen LogP contribution >= 0.6 is 15.9 Å². The minimum absolute atomic E-state index is 0.188. The maximum absolute atomic E-state index is 10.8. The van der Waals surface area contributed by atoms with Crippen molar-refractivity contribution in [1.82, 2.24) is 4.98 Å². The number of aromatic nitrogens is 1. The van der Waals surface area contributed by atoms with Crippen LogP contribution in [0.4, 0.5) is 5.82 Å². The molecule has 0 radical (unpaired) electrons. The van der Waals surface area contributed by atoms with Crippen molar-refractivity contribution in [2.24, 2.45) is 5.92 Å². The highest BCUT2D eigenvalue weighted by atomic mass is 79.9. The Labute approximate surface area is 102 Å². The van der Waals surface area contributed by atoms with E-state index in [0.29, 0.717) is 12.8 Å². The zero-order valence-corrected chi connectivity index (χ0v) is 10.4. The molecule has 1 saturated heterocycles. The molecule has 1 aliphatic rings. The lowest BCUT2D eigenvalue weighted by molar-refractivity contribution is -0.142. The molecule has 1 N–H and O–H groups in total. The minimum Gasteiger partial charge on any atom is -0.481 e. The van der Waals surface area contributed by atoms with E-state index in [4.69, 9.17) is 5.11 Å². The molecule has 0 atom stereocenters. The summed E-state index contributed by atoms with van der Waals surface area (Å²) in [5, 5.41) is 8.89. The van der Waals surface area contributed by atoms with Gasteiger partial charge in [-0.2, -0.15) is 0 Å². The molecule has 0 amide bonds. The summed E-state index contributed by atoms with van der Waals surface area (Å²) >= 11 is 3.34. The first-order chi connectivity index (χ1) is 7.66. The van der Waals surface area contributed by atoms with E-state index in [1.807, 2.05) is 12.1 Å². The topological polar surface area (TPSA) is 53.4 Å². The van der Waals surface area contributed by atoms with Gasteiger partial charge in [0, 0.05) is 23.8 Å². The van der Waals surface area contributed by atoms with Gasteiger partial charge in [0.15, 0.2) is 0 Å². The predicted molar refractivity (Wildman–Crippen MR) is 64.5 cm³/mol. The quantitative estimate of drug-likeness (QED) is 0.904. The fourth-order valence-electron chi connectivity index (χ4n) is 1.91. The number of carbonyl (C=O) groups is 1. The first kappa shape index (κ1) is 11.4. The summed E-state index contributed by atoms with van der Waals surface area (Å²) in [4.78, 5) is 17.2. The second-order valence-corrected chi connectivity index (χ2v) is 4.85. The average molecular weight is 285 g/mol. The van der Waals surface area contributed by atoms with Crippen LogP contribution in [0.2, 0.25) is 0 Å². The molecular formula is C11H13BrN2O2. The summed E-state index contributed by atoms with van der Waals surface area (Å²) < 4.78 is 0.955. The molecule has 1 aliphatic heterocycles. The first-order valence-corrected chi connectivity index (χ1v) is 6.05. The Bertz CT molecular complexity index is 372. The molecule has 0 saturated carbocycles. The van der Waals surface area contributed by atoms with Gasteiger partial charge in [-0.3, -0.25) is 4.79 Å². The molecule has 16 heavy (non-hydrogen) atoms. The average Bonchev–Trinajstić information content (AvgIpc) is 2.30. The van der Waals surface area contributed by atoms with Gasteiger partial charge in [-0.1, -0.05) is 0 Å². The smallest absolute Gasteiger partial charge is 0.306 e. The van der Waals surface area contributed by atoms with Crippen molar-refractivity contribution >= 4 is 27.7 Å². The summed E-state index contributed by atoms with van der Waals surface area (Å²) in [7, 11) is 0. The largest absolute Gasteiger partial charge is 0.481 e. The monoisotopic (exact) mass is 284 g/mol. The number of pyridine rings is 1. The second-order valence-electron chi connectivity index (χ2n) is 3.93. The minimum atomic E-state index is -0.677. The lowest BCUT2D eigenvalue weighted by Gasteiger charge is -2.30. The van der Waals surface area contributed by atoms with E-state index in [9.17, 15) is 4.79 Å². The summed E-state index contributed by atoms with van der Waals surface area (Å²) in [5.74, 6) is 0.0575. The van der Waals surface area contributed by atoms with E-state index < -0.39 is 5.97 Å². The number of anilines is 1. The van der Waals surface area contributed by atoms with Crippen LogP contribution in [0.15, 0.2) is 22.8 Å². The van der Waals surface area contributed by atoms with Crippen LogP contribution in [-0.2, 0) is 4.79 Å². The third-order valence-electron chi connectivity index (χ3n) is 2.88. The van der Waals surface area contributed by atoms with Gasteiger partial charge < -0.3 is 10.0 Å². The van der Waals surface area contributed by atoms with Crippen LogP contribution in [-0.4, -0.2) is 29.1 Å². The Kier molecular flexibility index (Phi) is 3.43. The molecule has 5 heteroatoms. The van der Waals surface area contributed by atoms with E-state index in [0.717, 1.165) is 23.4 Å². The molecule has 1 aromatic rings. The number of piperidine rings is 1. The van der Waals surface area contributed by atoms with Crippen LogP contribution < -0.4 is 4.90 Å². The van der Waals surface area contributed by atoms with Gasteiger partial charge in [0.05, 0.1) is 5.92 Å². The van der Waals surface area contributed by atoms with Crippen LogP contribution in [0.25, 0.3) is 0 Å². The van der Waals surface area contributed by atoms with E-state index in [-0.39, 0.29) is 5.92 Å². The maximum atomic E-state index is 10.8. The summed E-state index contributed by atoms with van der Waals surface area (Å²) in [6, 6.07) is 3.90. The zero-order chi connectivity index (χ0) is 11.5. The van der Waals surface area contributed by atoms with Crippen LogP contribution in [0.5, 0.6) is 0 Å². The van der Waals surface area contributed by atoms with E-state index >= 15 is 0 Å². The molecule has 2 heterocycles. The molecule has 2 rings (SSSR count). The number of rotatable bonds is 2. The Hall–Kier alpha value is -1.10. The van der Waals surface area contributed by atoms with Gasteiger partial charge in [0.1, 0.15) is 5.82 Å². The molecule has 0 aromatic carbocycles. The number of carboxylic acid groups (broad SMARTS) is 1. The van der Waals surface area contributed by atoms with Crippen molar-refractivity contribution in [3.05, 3.63) is 22.8 Å². The van der Waals surface area contributed by atoms with Crippen LogP contribution in [0.3, 0.4) is 0 Å². The Morgan fingerprint density at radius 1 is 1.44 bits per heavy atom. The Morgan fingerprint density at radius 2 is 2.12 bits per heavy atom. The Morgan fingerprint density at radius 3 is 2.62 bits per heavy atom. The molecular weight excluding hydrogens is 272 g/mol. The maximum Gasteiger partial charge on any atom is 0.306 e. The fraction of sp³-hybridized carbons (Fsp3) is 0.455. The first-order valence-electron chi connectivity index (χ1n) is 5.26. The fourth-order valence-corrected chi connectivity index (χ4v) is 2.15. The molecule has 0 spiro atoms. The van der Waals surface area contributed by atoms with Crippen molar-refractivity contribution in [3.63, 3.8) is 0 Å². The second kappa shape index (κ2) is 4.82. The number of aliphatic carboxylic acids is 1. The molecule has 0 unspecified atom stereocenters. The summed E-state index contributed by atoms with van der Waals surface area (Å²) in [5.41, 5.74) is 0. The lowest BCUT2D eigenvalue weighted by Crippen LogP contribution is -2.36. The summed E-state index contributed by atoms with van der Waals surface area (Å²) in [6.45, 7) is 1.54. The summed E-state index contributed by atoms with van der Waals surface area (Å²) in [6.07, 6.45) is 3.17. The van der Waals surface area contributed by atoms with Crippen molar-refractivity contribution in [2.75, 3.05) is 18.0 Å². The van der Waals surface area contributed by atoms with Gasteiger partial charge >= 0.3 is 5.97 Å². The highest BCUT2D eigenvalue weighted by molar-refractivity contribution is 9.10. The van der Waals surface area contributed by atoms with E-state index in [1.165, 1.54) is 0 Å². The molecule has 1 aromatic heterocycles. The number of hydrogen-bond donors (Lipinski definition) is 1. The SMILES string of the molecule is O=C(O)C1CCN(c2ccc(Br)cn2)CC1. The number of carboxylic acids is 1. The number of nitrogens with zero attached hydrogens (tertiary/aromatic N) is 2. The molecule has 1 fully saturated rings. The highest BCUT2D eigenvalue weighted by Crippen LogP contribution is 2.22. The van der Waals surface area contributed by atoms with Crippen LogP contribution in [0.1, 0.15) is 12.8 Å². The normalized spacial score (nSPS) is 17.4. The van der Waals surface area contributed by atoms with E-state index in [2.05, 4.69) is 25.8 Å². The highest BCUT2D eigenvalue weighted by Gasteiger charge is 2.24. The van der Waals surface area contributed by atoms with Gasteiger partial charge in [-0.05, 0) is 40.9 Å². The lowest BCUT2D eigenvalue weighted by atomic mass is 9.97. The third kappa shape index (κ3) is 2.52. The Balaban J connectivity index is 1.99. The van der Waals surface area contributed by atoms with Gasteiger partial charge in [0.25, 0.3) is 0 Å². The van der Waals surface area contributed by atoms with Gasteiger partial charge in [-0.15, -0.1) is 0 Å². The molecule has 86 valence electrons. The zero-order valence-electron chi connectivity index (χ0n) is 8.77. The third-order valence-corrected chi connectivity index (χ3v) is 3.35. The van der Waals surface area contributed by atoms with E-state index in [1.54, 1.807) is 6.20 Å². The van der Waals surface area contributed by atoms with Gasteiger partial charge in [-0.25, -0.2) is 4.98 Å². The standard InChI is InChI=1S/C11H13BrN2O2/c12-9-1-2-10(13-7-9)14-5-3-8(4-6-14)11(15)16/h1-2,7-8H,3-6H2,(H,15,16). The van der Waals surface area contributed by atoms with Crippen molar-refractivity contribution in [2.45, 2.75) is 12.8 Å². The van der Waals surface area contributed by atoms with Crippen molar-refractivity contribution in [3.8, 4) is 0 Å². The molecule has 0 aliphatic carbocycles. The number of halogens is 1. The van der Waals surface area contributed by atoms with Crippen LogP contribution in [0, 0.1) is 5.92 Å². The predicted octanol–water partition coefficient (Wildman–Crippen LogP) is 2.15. The molecule has 4 nitrogen and oxygen atoms in total.